The molecule has 1 aromatic rings. The first-order valence-corrected chi connectivity index (χ1v) is 9.36. The van der Waals surface area contributed by atoms with Crippen LogP contribution in [0.1, 0.15) is 32.8 Å². The molecule has 0 saturated carbocycles. The second kappa shape index (κ2) is 9.06. The third kappa shape index (κ3) is 4.64. The van der Waals surface area contributed by atoms with E-state index >= 15 is 0 Å². The quantitative estimate of drug-likeness (QED) is 0.630. The van der Waals surface area contributed by atoms with Gasteiger partial charge in [0.25, 0.3) is 11.8 Å². The molecule has 5 nitrogen and oxygen atoms in total. The first-order chi connectivity index (χ1) is 12.0. The number of carbonyl (C=O) groups excluding carboxylic acids is 2. The van der Waals surface area contributed by atoms with Gasteiger partial charge in [0.05, 0.1) is 30.2 Å². The van der Waals surface area contributed by atoms with Crippen LogP contribution in [0.3, 0.4) is 0 Å². The lowest BCUT2D eigenvalue weighted by Crippen LogP contribution is -2.34. The molecule has 1 aliphatic rings. The maximum atomic E-state index is 12.8. The van der Waals surface area contributed by atoms with Crippen molar-refractivity contribution in [3.05, 3.63) is 34.7 Å². The SMILES string of the molecule is CCCOc1ccc(C2=C(SC(C)C)C(=O)N(CCOC)C2=O)cc1. The molecule has 25 heavy (non-hydrogen) atoms. The average Bonchev–Trinajstić information content (AvgIpc) is 2.81. The zero-order chi connectivity index (χ0) is 18.4. The Morgan fingerprint density at radius 3 is 2.32 bits per heavy atom. The lowest BCUT2D eigenvalue weighted by atomic mass is 10.1. The molecule has 1 heterocycles. The van der Waals surface area contributed by atoms with Crippen LogP contribution in [0, 0.1) is 0 Å². The molecule has 6 heteroatoms. The summed E-state index contributed by atoms with van der Waals surface area (Å²) < 4.78 is 10.6. The Kier molecular flexibility index (Phi) is 7.08. The summed E-state index contributed by atoms with van der Waals surface area (Å²) in [6.07, 6.45) is 0.934. The summed E-state index contributed by atoms with van der Waals surface area (Å²) in [7, 11) is 1.55. The van der Waals surface area contributed by atoms with Crippen molar-refractivity contribution < 1.29 is 19.1 Å². The molecule has 0 spiro atoms. The second-order valence-corrected chi connectivity index (χ2v) is 7.59. The van der Waals surface area contributed by atoms with E-state index in [-0.39, 0.29) is 23.6 Å². The van der Waals surface area contributed by atoms with Gasteiger partial charge in [-0.3, -0.25) is 14.5 Å². The van der Waals surface area contributed by atoms with Crippen molar-refractivity contribution in [3.63, 3.8) is 0 Å². The summed E-state index contributed by atoms with van der Waals surface area (Å²) in [6.45, 7) is 7.30. The third-order valence-electron chi connectivity index (χ3n) is 3.61. The van der Waals surface area contributed by atoms with Crippen LogP contribution in [-0.4, -0.2) is 48.8 Å². The number of methoxy groups -OCH3 is 1. The molecule has 0 fully saturated rings. The third-order valence-corrected chi connectivity index (χ3v) is 4.70. The Morgan fingerprint density at radius 1 is 1.08 bits per heavy atom. The topological polar surface area (TPSA) is 55.8 Å². The minimum absolute atomic E-state index is 0.205. The number of rotatable bonds is 9. The molecule has 0 atom stereocenters. The first kappa shape index (κ1) is 19.5. The molecule has 0 N–H and O–H groups in total. The van der Waals surface area contributed by atoms with Gasteiger partial charge >= 0.3 is 0 Å². The van der Waals surface area contributed by atoms with Gasteiger partial charge in [-0.1, -0.05) is 32.9 Å². The predicted octanol–water partition coefficient (Wildman–Crippen LogP) is 3.34. The molecule has 0 unspecified atom stereocenters. The van der Waals surface area contributed by atoms with Crippen molar-refractivity contribution in [2.45, 2.75) is 32.4 Å². The van der Waals surface area contributed by atoms with Gasteiger partial charge in [0.1, 0.15) is 5.75 Å². The van der Waals surface area contributed by atoms with Crippen LogP contribution in [-0.2, 0) is 14.3 Å². The molecular formula is C19H25NO4S. The molecule has 0 saturated heterocycles. The smallest absolute Gasteiger partial charge is 0.268 e. The molecule has 2 rings (SSSR count). The predicted molar refractivity (Wildman–Crippen MR) is 100 cm³/mol. The van der Waals surface area contributed by atoms with E-state index in [0.717, 1.165) is 17.7 Å². The van der Waals surface area contributed by atoms with Crippen LogP contribution >= 0.6 is 11.8 Å². The Hall–Kier alpha value is -1.79. The maximum absolute atomic E-state index is 12.8. The Labute approximate surface area is 153 Å². The largest absolute Gasteiger partial charge is 0.494 e. The standard InChI is InChI=1S/C19H25NO4S/c1-5-11-24-15-8-6-14(7-9-15)16-17(25-13(2)3)19(22)20(18(16)21)10-12-23-4/h6-9,13H,5,10-12H2,1-4H3. The highest BCUT2D eigenvalue weighted by Gasteiger charge is 2.39. The van der Waals surface area contributed by atoms with Crippen molar-refractivity contribution >= 4 is 29.1 Å². The highest BCUT2D eigenvalue weighted by atomic mass is 32.2. The zero-order valence-corrected chi connectivity index (χ0v) is 16.0. The van der Waals surface area contributed by atoms with Crippen LogP contribution in [0.5, 0.6) is 5.75 Å². The minimum atomic E-state index is -0.257. The number of nitrogens with zero attached hydrogens (tertiary/aromatic N) is 1. The van der Waals surface area contributed by atoms with Gasteiger partial charge in [0.2, 0.25) is 0 Å². The van der Waals surface area contributed by atoms with Gasteiger partial charge in [0.15, 0.2) is 0 Å². The number of hydrogen-bond acceptors (Lipinski definition) is 5. The normalized spacial score (nSPS) is 14.8. The lowest BCUT2D eigenvalue weighted by molar-refractivity contribution is -0.137. The number of carbonyl (C=O) groups is 2. The summed E-state index contributed by atoms with van der Waals surface area (Å²) in [5.41, 5.74) is 1.21. The molecule has 136 valence electrons. The Morgan fingerprint density at radius 2 is 1.76 bits per heavy atom. The van der Waals surface area contributed by atoms with E-state index in [0.29, 0.717) is 23.7 Å². The van der Waals surface area contributed by atoms with Crippen molar-refractivity contribution in [1.29, 1.82) is 0 Å². The molecule has 0 radical (unpaired) electrons. The van der Waals surface area contributed by atoms with Crippen LogP contribution in [0.2, 0.25) is 0 Å². The van der Waals surface area contributed by atoms with Crippen LogP contribution in [0.4, 0.5) is 0 Å². The second-order valence-electron chi connectivity index (χ2n) is 6.00. The van der Waals surface area contributed by atoms with Gasteiger partial charge in [0, 0.05) is 12.4 Å². The number of imide groups is 1. The number of hydrogen-bond donors (Lipinski definition) is 0. The lowest BCUT2D eigenvalue weighted by Gasteiger charge is -2.14. The van der Waals surface area contributed by atoms with Crippen LogP contribution in [0.15, 0.2) is 29.2 Å². The van der Waals surface area contributed by atoms with Gasteiger partial charge in [-0.2, -0.15) is 0 Å². The van der Waals surface area contributed by atoms with Crippen molar-refractivity contribution in [2.24, 2.45) is 0 Å². The fourth-order valence-corrected chi connectivity index (χ4v) is 3.48. The Bertz CT molecular complexity index is 652. The van der Waals surface area contributed by atoms with E-state index in [2.05, 4.69) is 0 Å². The highest BCUT2D eigenvalue weighted by Crippen LogP contribution is 2.38. The number of benzene rings is 1. The monoisotopic (exact) mass is 363 g/mol. The first-order valence-electron chi connectivity index (χ1n) is 8.48. The zero-order valence-electron chi connectivity index (χ0n) is 15.2. The maximum Gasteiger partial charge on any atom is 0.268 e. The number of thioether (sulfide) groups is 1. The summed E-state index contributed by atoms with van der Waals surface area (Å²) in [5, 5.41) is 0.205. The summed E-state index contributed by atoms with van der Waals surface area (Å²) in [5.74, 6) is 0.270. The molecular weight excluding hydrogens is 338 g/mol. The van der Waals surface area contributed by atoms with E-state index in [1.165, 1.54) is 16.7 Å². The molecule has 0 aromatic heterocycles. The van der Waals surface area contributed by atoms with E-state index in [4.69, 9.17) is 9.47 Å². The minimum Gasteiger partial charge on any atom is -0.494 e. The summed E-state index contributed by atoms with van der Waals surface area (Å²) >= 11 is 1.43. The molecule has 1 aromatic carbocycles. The van der Waals surface area contributed by atoms with Gasteiger partial charge in [-0.05, 0) is 24.1 Å². The van der Waals surface area contributed by atoms with Crippen molar-refractivity contribution in [3.8, 4) is 5.75 Å². The van der Waals surface area contributed by atoms with Crippen LogP contribution < -0.4 is 4.74 Å². The Balaban J connectivity index is 2.33. The van der Waals surface area contributed by atoms with Crippen molar-refractivity contribution in [1.82, 2.24) is 4.90 Å². The van der Waals surface area contributed by atoms with Gasteiger partial charge in [-0.15, -0.1) is 11.8 Å². The number of amides is 2. The molecule has 0 aliphatic carbocycles. The summed E-state index contributed by atoms with van der Waals surface area (Å²) in [6, 6.07) is 7.36. The highest BCUT2D eigenvalue weighted by molar-refractivity contribution is 8.04. The van der Waals surface area contributed by atoms with Crippen LogP contribution in [0.25, 0.3) is 5.57 Å². The van der Waals surface area contributed by atoms with E-state index in [9.17, 15) is 9.59 Å². The van der Waals surface area contributed by atoms with E-state index < -0.39 is 0 Å². The fourth-order valence-electron chi connectivity index (χ4n) is 2.48. The van der Waals surface area contributed by atoms with Gasteiger partial charge < -0.3 is 9.47 Å². The fraction of sp³-hybridized carbons (Fsp3) is 0.474. The van der Waals surface area contributed by atoms with Crippen molar-refractivity contribution in [2.75, 3.05) is 26.9 Å². The van der Waals surface area contributed by atoms with Gasteiger partial charge in [-0.25, -0.2) is 0 Å². The number of ether oxygens (including phenoxy) is 2. The van der Waals surface area contributed by atoms with E-state index in [1.807, 2.05) is 45.0 Å². The average molecular weight is 363 g/mol. The van der Waals surface area contributed by atoms with E-state index in [1.54, 1.807) is 7.11 Å². The molecule has 2 amide bonds. The molecule has 1 aliphatic heterocycles. The molecule has 0 bridgehead atoms. The summed E-state index contributed by atoms with van der Waals surface area (Å²) in [4.78, 5) is 27.3.